The summed E-state index contributed by atoms with van der Waals surface area (Å²) in [7, 11) is 0. The van der Waals surface area contributed by atoms with Gasteiger partial charge in [0.15, 0.2) is 0 Å². The fourth-order valence-corrected chi connectivity index (χ4v) is 3.81. The van der Waals surface area contributed by atoms with Crippen molar-refractivity contribution in [3.05, 3.63) is 51.5 Å². The van der Waals surface area contributed by atoms with Crippen LogP contribution in [0, 0.1) is 34.7 Å². The first-order chi connectivity index (χ1) is 13.9. The van der Waals surface area contributed by atoms with E-state index in [-0.39, 0.29) is 17.3 Å². The second-order valence-corrected chi connectivity index (χ2v) is 7.78. The van der Waals surface area contributed by atoms with Gasteiger partial charge in [-0.15, -0.1) is 0 Å². The summed E-state index contributed by atoms with van der Waals surface area (Å²) in [4.78, 5) is 20.7. The number of hydrogen-bond acceptors (Lipinski definition) is 7. The third kappa shape index (κ3) is 5.17. The van der Waals surface area contributed by atoms with Crippen molar-refractivity contribution in [3.63, 3.8) is 0 Å². The lowest BCUT2D eigenvalue weighted by molar-refractivity contribution is -0.384. The Morgan fingerprint density at radius 1 is 1.28 bits per heavy atom. The van der Waals surface area contributed by atoms with Crippen LogP contribution in [0.5, 0.6) is 0 Å². The maximum atomic E-state index is 14.0. The van der Waals surface area contributed by atoms with Crippen LogP contribution in [0.1, 0.15) is 36.8 Å². The summed E-state index contributed by atoms with van der Waals surface area (Å²) in [6.07, 6.45) is 5.38. The molecule has 1 aliphatic carbocycles. The number of aryl methyl sites for hydroxylation is 1. The highest BCUT2D eigenvalue weighted by atomic mass is 19.1. The Morgan fingerprint density at radius 2 is 1.97 bits per heavy atom. The van der Waals surface area contributed by atoms with Crippen molar-refractivity contribution in [3.8, 4) is 0 Å². The Hall–Kier alpha value is -2.81. The lowest BCUT2D eigenvalue weighted by atomic mass is 9.82. The van der Waals surface area contributed by atoms with Crippen molar-refractivity contribution in [2.45, 2.75) is 39.2 Å². The number of aromatic nitrogens is 2. The van der Waals surface area contributed by atoms with Crippen LogP contribution in [0.3, 0.4) is 0 Å². The molecule has 1 heterocycles. The minimum Gasteiger partial charge on any atom is -0.378 e. The molecule has 0 unspecified atom stereocenters. The monoisotopic (exact) mass is 402 g/mol. The molecule has 1 aromatic carbocycles. The number of nitrogens with two attached hydrogens (primary N) is 2. The van der Waals surface area contributed by atoms with Crippen LogP contribution >= 0.6 is 0 Å². The summed E-state index contributed by atoms with van der Waals surface area (Å²) in [5, 5.41) is 11.0. The number of nitro groups is 1. The zero-order valence-corrected chi connectivity index (χ0v) is 16.6. The summed E-state index contributed by atoms with van der Waals surface area (Å²) in [6.45, 7) is 3.49. The van der Waals surface area contributed by atoms with Crippen LogP contribution in [0.15, 0.2) is 24.4 Å². The minimum atomic E-state index is -0.604. The van der Waals surface area contributed by atoms with Gasteiger partial charge in [-0.05, 0) is 68.2 Å². The molecule has 9 heteroatoms. The minimum absolute atomic E-state index is 0.174. The van der Waals surface area contributed by atoms with Crippen molar-refractivity contribution < 1.29 is 9.31 Å². The molecule has 156 valence electrons. The van der Waals surface area contributed by atoms with Crippen LogP contribution in [0.2, 0.25) is 0 Å². The van der Waals surface area contributed by atoms with Crippen molar-refractivity contribution in [1.29, 1.82) is 0 Å². The van der Waals surface area contributed by atoms with Crippen LogP contribution in [0.25, 0.3) is 0 Å². The van der Waals surface area contributed by atoms with Crippen molar-refractivity contribution in [2.75, 3.05) is 23.7 Å². The molecule has 0 aliphatic heterocycles. The van der Waals surface area contributed by atoms with E-state index in [1.54, 1.807) is 13.0 Å². The first kappa shape index (κ1) is 20.9. The molecule has 0 amide bonds. The quantitative estimate of drug-likeness (QED) is 0.538. The molecule has 1 saturated carbocycles. The maximum Gasteiger partial charge on any atom is 0.329 e. The molecule has 1 aliphatic rings. The van der Waals surface area contributed by atoms with Crippen LogP contribution in [-0.2, 0) is 6.54 Å². The SMILES string of the molecule is Cc1ccc(CN(CC2CCC(CN)CC2)c2ncc([N+](=O)[O-])c(N)n2)cc1F. The Balaban J connectivity index is 1.83. The second kappa shape index (κ2) is 9.13. The van der Waals surface area contributed by atoms with E-state index in [1.165, 1.54) is 6.07 Å². The summed E-state index contributed by atoms with van der Waals surface area (Å²) >= 11 is 0. The molecule has 0 spiro atoms. The second-order valence-electron chi connectivity index (χ2n) is 7.78. The van der Waals surface area contributed by atoms with Gasteiger partial charge in [-0.3, -0.25) is 10.1 Å². The molecule has 3 rings (SSSR count). The molecule has 0 bridgehead atoms. The number of benzene rings is 1. The Morgan fingerprint density at radius 3 is 2.55 bits per heavy atom. The zero-order valence-electron chi connectivity index (χ0n) is 16.6. The molecular weight excluding hydrogens is 375 g/mol. The van der Waals surface area contributed by atoms with Gasteiger partial charge in [0.2, 0.25) is 11.8 Å². The van der Waals surface area contributed by atoms with E-state index in [0.717, 1.165) is 37.4 Å². The first-order valence-corrected chi connectivity index (χ1v) is 9.84. The van der Waals surface area contributed by atoms with Gasteiger partial charge in [0.25, 0.3) is 0 Å². The highest BCUT2D eigenvalue weighted by molar-refractivity contribution is 5.54. The van der Waals surface area contributed by atoms with E-state index in [0.29, 0.717) is 43.0 Å². The molecule has 1 aromatic heterocycles. The van der Waals surface area contributed by atoms with Crippen molar-refractivity contribution in [1.82, 2.24) is 9.97 Å². The van der Waals surface area contributed by atoms with Gasteiger partial charge in [-0.1, -0.05) is 12.1 Å². The van der Waals surface area contributed by atoms with E-state index in [2.05, 4.69) is 9.97 Å². The summed E-state index contributed by atoms with van der Waals surface area (Å²) in [5.74, 6) is 0.863. The number of rotatable bonds is 7. The van der Waals surface area contributed by atoms with Crippen LogP contribution in [-0.4, -0.2) is 28.0 Å². The standard InChI is InChI=1S/C20H27FN6O2/c1-13-2-3-16(8-17(13)21)12-26(11-15-6-4-14(9-22)5-7-15)20-24-10-18(27(28)29)19(23)25-20/h2-3,8,10,14-15H,4-7,9,11-12,22H2,1H3,(H2,23,24,25). The Bertz CT molecular complexity index is 870. The van der Waals surface area contributed by atoms with Crippen LogP contribution < -0.4 is 16.4 Å². The molecule has 29 heavy (non-hydrogen) atoms. The maximum absolute atomic E-state index is 14.0. The number of nitrogen functional groups attached to an aromatic ring is 1. The Labute approximate surface area is 169 Å². The normalized spacial score (nSPS) is 19.1. The van der Waals surface area contributed by atoms with E-state index in [1.807, 2.05) is 11.0 Å². The van der Waals surface area contributed by atoms with Gasteiger partial charge in [0.05, 0.1) is 4.92 Å². The molecule has 0 saturated heterocycles. The number of hydrogen-bond donors (Lipinski definition) is 2. The molecule has 8 nitrogen and oxygen atoms in total. The summed E-state index contributed by atoms with van der Waals surface area (Å²) in [6, 6.07) is 5.11. The van der Waals surface area contributed by atoms with Gasteiger partial charge in [-0.25, -0.2) is 9.37 Å². The summed E-state index contributed by atoms with van der Waals surface area (Å²) in [5.41, 5.74) is 12.6. The Kier molecular flexibility index (Phi) is 6.58. The van der Waals surface area contributed by atoms with E-state index in [9.17, 15) is 14.5 Å². The molecule has 0 atom stereocenters. The zero-order chi connectivity index (χ0) is 21.0. The average Bonchev–Trinajstić information content (AvgIpc) is 2.70. The lowest BCUT2D eigenvalue weighted by Gasteiger charge is -2.32. The smallest absolute Gasteiger partial charge is 0.329 e. The number of halogens is 1. The molecule has 2 aromatic rings. The van der Waals surface area contributed by atoms with Crippen molar-refractivity contribution in [2.24, 2.45) is 17.6 Å². The third-order valence-electron chi connectivity index (χ3n) is 5.65. The molecule has 4 N–H and O–H groups in total. The highest BCUT2D eigenvalue weighted by Crippen LogP contribution is 2.30. The predicted molar refractivity (Wildman–Crippen MR) is 110 cm³/mol. The number of nitrogens with zero attached hydrogens (tertiary/aromatic N) is 4. The van der Waals surface area contributed by atoms with Gasteiger partial charge in [0.1, 0.15) is 12.0 Å². The fraction of sp³-hybridized carbons (Fsp3) is 0.500. The topological polar surface area (TPSA) is 124 Å². The first-order valence-electron chi connectivity index (χ1n) is 9.84. The number of anilines is 2. The molecule has 1 fully saturated rings. The van der Waals surface area contributed by atoms with Crippen LogP contribution in [0.4, 0.5) is 21.8 Å². The third-order valence-corrected chi connectivity index (χ3v) is 5.65. The van der Waals surface area contributed by atoms with Gasteiger partial charge in [-0.2, -0.15) is 4.98 Å². The molecule has 0 radical (unpaired) electrons. The van der Waals surface area contributed by atoms with Gasteiger partial charge in [0, 0.05) is 13.1 Å². The fourth-order valence-electron chi connectivity index (χ4n) is 3.81. The van der Waals surface area contributed by atoms with Crippen molar-refractivity contribution >= 4 is 17.5 Å². The van der Waals surface area contributed by atoms with E-state index < -0.39 is 4.92 Å². The van der Waals surface area contributed by atoms with Gasteiger partial charge >= 0.3 is 5.69 Å². The van der Waals surface area contributed by atoms with E-state index in [4.69, 9.17) is 11.5 Å². The molecular formula is C20H27FN6O2. The highest BCUT2D eigenvalue weighted by Gasteiger charge is 2.25. The van der Waals surface area contributed by atoms with Gasteiger partial charge < -0.3 is 16.4 Å². The lowest BCUT2D eigenvalue weighted by Crippen LogP contribution is -2.33. The summed E-state index contributed by atoms with van der Waals surface area (Å²) < 4.78 is 14.0. The predicted octanol–water partition coefficient (Wildman–Crippen LogP) is 3.19. The van der Waals surface area contributed by atoms with E-state index >= 15 is 0 Å². The average molecular weight is 402 g/mol. The largest absolute Gasteiger partial charge is 0.378 e.